The predicted molar refractivity (Wildman–Crippen MR) is 100 cm³/mol. The summed E-state index contributed by atoms with van der Waals surface area (Å²) < 4.78 is 1.90. The molecule has 21 heavy (non-hydrogen) atoms. The molecule has 2 aromatic carbocycles. The number of ketones is 1. The second kappa shape index (κ2) is 6.61. The quantitative estimate of drug-likeness (QED) is 0.409. The summed E-state index contributed by atoms with van der Waals surface area (Å²) in [7, 11) is 0. The first-order chi connectivity index (χ1) is 9.85. The Morgan fingerprint density at radius 2 is 1.76 bits per heavy atom. The van der Waals surface area contributed by atoms with E-state index < -0.39 is 0 Å². The summed E-state index contributed by atoms with van der Waals surface area (Å²) in [6.07, 6.45) is 1.07. The standard InChI is InChI=1S/C18H18BrIO/c1-4-18(2,3)13-7-5-12(6-8-13)17(21)15-11-14(20)9-10-16(15)19/h5-11H,4H2,1-3H3. The molecule has 0 aliphatic carbocycles. The molecule has 0 saturated heterocycles. The number of rotatable bonds is 4. The van der Waals surface area contributed by atoms with Crippen LogP contribution in [0.25, 0.3) is 0 Å². The smallest absolute Gasteiger partial charge is 0.194 e. The van der Waals surface area contributed by atoms with Crippen LogP contribution in [0.1, 0.15) is 48.7 Å². The molecule has 0 spiro atoms. The van der Waals surface area contributed by atoms with Gasteiger partial charge in [-0.3, -0.25) is 4.79 Å². The Bertz CT molecular complexity index is 659. The van der Waals surface area contributed by atoms with Crippen molar-refractivity contribution in [2.45, 2.75) is 32.6 Å². The van der Waals surface area contributed by atoms with Crippen LogP contribution in [0.4, 0.5) is 0 Å². The van der Waals surface area contributed by atoms with Crippen LogP contribution in [0, 0.1) is 3.57 Å². The van der Waals surface area contributed by atoms with E-state index in [0.717, 1.165) is 20.0 Å². The SMILES string of the molecule is CCC(C)(C)c1ccc(C(=O)c2cc(I)ccc2Br)cc1. The largest absolute Gasteiger partial charge is 0.289 e. The van der Waals surface area contributed by atoms with Gasteiger partial charge < -0.3 is 0 Å². The lowest BCUT2D eigenvalue weighted by molar-refractivity contribution is 0.103. The lowest BCUT2D eigenvalue weighted by Gasteiger charge is -2.23. The van der Waals surface area contributed by atoms with Gasteiger partial charge in [-0.1, -0.05) is 61.0 Å². The molecule has 0 N–H and O–H groups in total. The van der Waals surface area contributed by atoms with Crippen molar-refractivity contribution >= 4 is 44.3 Å². The molecule has 1 nitrogen and oxygen atoms in total. The number of benzene rings is 2. The van der Waals surface area contributed by atoms with E-state index in [2.05, 4.69) is 71.4 Å². The number of hydrogen-bond acceptors (Lipinski definition) is 1. The molecule has 2 rings (SSSR count). The molecule has 0 aliphatic heterocycles. The highest BCUT2D eigenvalue weighted by atomic mass is 127. The van der Waals surface area contributed by atoms with Crippen molar-refractivity contribution in [1.82, 2.24) is 0 Å². The lowest BCUT2D eigenvalue weighted by Crippen LogP contribution is -2.15. The van der Waals surface area contributed by atoms with Gasteiger partial charge in [0.05, 0.1) is 0 Å². The molecule has 0 unspecified atom stereocenters. The maximum atomic E-state index is 12.6. The Morgan fingerprint density at radius 3 is 2.33 bits per heavy atom. The maximum Gasteiger partial charge on any atom is 0.194 e. The van der Waals surface area contributed by atoms with Crippen LogP contribution >= 0.6 is 38.5 Å². The van der Waals surface area contributed by atoms with E-state index in [1.165, 1.54) is 5.56 Å². The van der Waals surface area contributed by atoms with Crippen LogP contribution in [0.2, 0.25) is 0 Å². The van der Waals surface area contributed by atoms with Gasteiger partial charge in [0.1, 0.15) is 0 Å². The zero-order chi connectivity index (χ0) is 15.6. The van der Waals surface area contributed by atoms with Gasteiger partial charge in [0, 0.05) is 19.2 Å². The fraction of sp³-hybridized carbons (Fsp3) is 0.278. The van der Waals surface area contributed by atoms with Gasteiger partial charge in [-0.25, -0.2) is 0 Å². The van der Waals surface area contributed by atoms with Gasteiger partial charge in [0.25, 0.3) is 0 Å². The Morgan fingerprint density at radius 1 is 1.14 bits per heavy atom. The van der Waals surface area contributed by atoms with Crippen molar-refractivity contribution in [3.05, 3.63) is 67.2 Å². The molecule has 0 radical (unpaired) electrons. The summed E-state index contributed by atoms with van der Waals surface area (Å²) in [4.78, 5) is 12.6. The zero-order valence-electron chi connectivity index (χ0n) is 12.4. The number of carbonyl (C=O) groups is 1. The van der Waals surface area contributed by atoms with Crippen molar-refractivity contribution in [3.8, 4) is 0 Å². The van der Waals surface area contributed by atoms with Crippen molar-refractivity contribution in [2.75, 3.05) is 0 Å². The molecule has 0 heterocycles. The highest BCUT2D eigenvalue weighted by Crippen LogP contribution is 2.28. The van der Waals surface area contributed by atoms with Gasteiger partial charge in [-0.2, -0.15) is 0 Å². The van der Waals surface area contributed by atoms with E-state index in [4.69, 9.17) is 0 Å². The molecule has 0 aromatic heterocycles. The average molecular weight is 457 g/mol. The second-order valence-electron chi connectivity index (χ2n) is 5.77. The lowest BCUT2D eigenvalue weighted by atomic mass is 9.82. The fourth-order valence-corrected chi connectivity index (χ4v) is 3.02. The van der Waals surface area contributed by atoms with E-state index in [1.54, 1.807) is 0 Å². The highest BCUT2D eigenvalue weighted by molar-refractivity contribution is 14.1. The van der Waals surface area contributed by atoms with Crippen molar-refractivity contribution in [3.63, 3.8) is 0 Å². The molecule has 3 heteroatoms. The fourth-order valence-electron chi connectivity index (χ4n) is 2.10. The van der Waals surface area contributed by atoms with Gasteiger partial charge in [0.2, 0.25) is 0 Å². The summed E-state index contributed by atoms with van der Waals surface area (Å²) in [5.74, 6) is 0.0567. The third-order valence-electron chi connectivity index (χ3n) is 3.99. The van der Waals surface area contributed by atoms with Crippen LogP contribution in [-0.2, 0) is 5.41 Å². The van der Waals surface area contributed by atoms with Crippen molar-refractivity contribution < 1.29 is 4.79 Å². The summed E-state index contributed by atoms with van der Waals surface area (Å²) in [6.45, 7) is 6.63. The minimum Gasteiger partial charge on any atom is -0.289 e. The monoisotopic (exact) mass is 456 g/mol. The molecule has 0 fully saturated rings. The average Bonchev–Trinajstić information content (AvgIpc) is 2.49. The van der Waals surface area contributed by atoms with E-state index in [0.29, 0.717) is 5.56 Å². The first kappa shape index (κ1) is 16.7. The minimum atomic E-state index is 0.0567. The van der Waals surface area contributed by atoms with Gasteiger partial charge in [-0.05, 0) is 58.2 Å². The van der Waals surface area contributed by atoms with Crippen molar-refractivity contribution in [1.29, 1.82) is 0 Å². The summed E-state index contributed by atoms with van der Waals surface area (Å²) in [5, 5.41) is 0. The zero-order valence-corrected chi connectivity index (χ0v) is 16.2. The molecular formula is C18H18BrIO. The Kier molecular flexibility index (Phi) is 5.25. The summed E-state index contributed by atoms with van der Waals surface area (Å²) in [5.41, 5.74) is 2.85. The first-order valence-corrected chi connectivity index (χ1v) is 8.82. The Hall–Kier alpha value is -0.680. The molecule has 110 valence electrons. The van der Waals surface area contributed by atoms with Crippen LogP contribution < -0.4 is 0 Å². The Labute approximate surface area is 148 Å². The highest BCUT2D eigenvalue weighted by Gasteiger charge is 2.19. The van der Waals surface area contributed by atoms with E-state index in [-0.39, 0.29) is 11.2 Å². The van der Waals surface area contributed by atoms with Gasteiger partial charge in [0.15, 0.2) is 5.78 Å². The van der Waals surface area contributed by atoms with Crippen LogP contribution in [0.15, 0.2) is 46.9 Å². The summed E-state index contributed by atoms with van der Waals surface area (Å²) in [6, 6.07) is 13.8. The molecule has 0 amide bonds. The number of carbonyl (C=O) groups excluding carboxylic acids is 1. The van der Waals surface area contributed by atoms with Crippen molar-refractivity contribution in [2.24, 2.45) is 0 Å². The second-order valence-corrected chi connectivity index (χ2v) is 7.87. The van der Waals surface area contributed by atoms with E-state index in [1.807, 2.05) is 30.3 Å². The molecular weight excluding hydrogens is 439 g/mol. The van der Waals surface area contributed by atoms with E-state index in [9.17, 15) is 4.79 Å². The molecule has 0 bridgehead atoms. The van der Waals surface area contributed by atoms with Gasteiger partial charge in [-0.15, -0.1) is 0 Å². The number of hydrogen-bond donors (Lipinski definition) is 0. The molecule has 0 atom stereocenters. The third kappa shape index (κ3) is 3.75. The molecule has 2 aromatic rings. The van der Waals surface area contributed by atoms with E-state index >= 15 is 0 Å². The minimum absolute atomic E-state index is 0.0567. The normalized spacial score (nSPS) is 11.5. The predicted octanol–water partition coefficient (Wildman–Crippen LogP) is 5.97. The van der Waals surface area contributed by atoms with Gasteiger partial charge >= 0.3 is 0 Å². The summed E-state index contributed by atoms with van der Waals surface area (Å²) >= 11 is 5.68. The third-order valence-corrected chi connectivity index (χ3v) is 5.35. The Balaban J connectivity index is 2.35. The molecule has 0 saturated carbocycles. The van der Waals surface area contributed by atoms with Crippen LogP contribution in [0.5, 0.6) is 0 Å². The topological polar surface area (TPSA) is 17.1 Å². The number of halogens is 2. The van der Waals surface area contributed by atoms with Crippen LogP contribution in [0.3, 0.4) is 0 Å². The first-order valence-electron chi connectivity index (χ1n) is 6.95. The van der Waals surface area contributed by atoms with Crippen LogP contribution in [-0.4, -0.2) is 5.78 Å². The maximum absolute atomic E-state index is 12.6. The molecule has 0 aliphatic rings.